The van der Waals surface area contributed by atoms with Gasteiger partial charge >= 0.3 is 0 Å². The van der Waals surface area contributed by atoms with Crippen LogP contribution in [0.25, 0.3) is 0 Å². The highest BCUT2D eigenvalue weighted by atomic mass is 16.5. The molecule has 0 heterocycles. The number of amides is 1. The lowest BCUT2D eigenvalue weighted by atomic mass is 9.81. The fraction of sp³-hybridized carbons (Fsp3) is 0.588. The van der Waals surface area contributed by atoms with Gasteiger partial charge in [-0.25, -0.2) is 0 Å². The van der Waals surface area contributed by atoms with Gasteiger partial charge in [-0.05, 0) is 43.4 Å². The topological polar surface area (TPSA) is 38.3 Å². The summed E-state index contributed by atoms with van der Waals surface area (Å²) in [5.41, 5.74) is 0.953. The van der Waals surface area contributed by atoms with E-state index in [1.165, 1.54) is 0 Å². The van der Waals surface area contributed by atoms with E-state index in [4.69, 9.17) is 4.74 Å². The van der Waals surface area contributed by atoms with Gasteiger partial charge in [-0.15, -0.1) is 0 Å². The molecule has 0 saturated carbocycles. The van der Waals surface area contributed by atoms with Crippen molar-refractivity contribution in [1.29, 1.82) is 0 Å². The quantitative estimate of drug-likeness (QED) is 0.893. The largest absolute Gasteiger partial charge is 0.497 e. The van der Waals surface area contributed by atoms with E-state index in [2.05, 4.69) is 39.9 Å². The summed E-state index contributed by atoms with van der Waals surface area (Å²) in [5.74, 6) is 0.830. The molecule has 0 radical (unpaired) electrons. The minimum Gasteiger partial charge on any atom is -0.497 e. The minimum absolute atomic E-state index is 0.0486. The Bertz CT molecular complexity index is 458. The van der Waals surface area contributed by atoms with Crippen molar-refractivity contribution in [2.24, 2.45) is 5.41 Å². The highest BCUT2D eigenvalue weighted by Gasteiger charge is 2.26. The van der Waals surface area contributed by atoms with E-state index in [-0.39, 0.29) is 16.9 Å². The summed E-state index contributed by atoms with van der Waals surface area (Å²) in [6.07, 6.45) is 1.31. The van der Waals surface area contributed by atoms with Crippen LogP contribution < -0.4 is 10.1 Å². The Labute approximate surface area is 122 Å². The van der Waals surface area contributed by atoms with Crippen LogP contribution >= 0.6 is 0 Å². The van der Waals surface area contributed by atoms with Gasteiger partial charge in [0.1, 0.15) is 5.75 Å². The second-order valence-electron chi connectivity index (χ2n) is 7.20. The van der Waals surface area contributed by atoms with Crippen LogP contribution in [-0.2, 0) is 11.2 Å². The zero-order valence-electron chi connectivity index (χ0n) is 13.5. The number of ether oxygens (including phenoxy) is 1. The highest BCUT2D eigenvalue weighted by molar-refractivity contribution is 5.79. The summed E-state index contributed by atoms with van der Waals surface area (Å²) in [6, 6.07) is 7.63. The fourth-order valence-corrected chi connectivity index (χ4v) is 2.76. The number of nitrogens with one attached hydrogen (secondary N) is 1. The monoisotopic (exact) mass is 277 g/mol. The van der Waals surface area contributed by atoms with Crippen LogP contribution in [0.4, 0.5) is 0 Å². The average Bonchev–Trinajstić information content (AvgIpc) is 2.24. The van der Waals surface area contributed by atoms with Crippen molar-refractivity contribution in [2.45, 2.75) is 53.0 Å². The molecule has 3 heteroatoms. The standard InChI is InChI=1S/C17H27NO2/c1-16(2,3)12-17(4,5)18-15(19)11-13-8-7-9-14(10-13)20-6/h7-10H,11-12H2,1-6H3,(H,18,19). The number of rotatable bonds is 5. The highest BCUT2D eigenvalue weighted by Crippen LogP contribution is 2.26. The second kappa shape index (κ2) is 6.29. The number of carbonyl (C=O) groups is 1. The van der Waals surface area contributed by atoms with Gasteiger partial charge < -0.3 is 10.1 Å². The number of benzene rings is 1. The van der Waals surface area contributed by atoms with Crippen LogP contribution in [-0.4, -0.2) is 18.6 Å². The van der Waals surface area contributed by atoms with Crippen molar-refractivity contribution >= 4 is 5.91 Å². The van der Waals surface area contributed by atoms with Crippen molar-refractivity contribution in [1.82, 2.24) is 5.32 Å². The van der Waals surface area contributed by atoms with Crippen LogP contribution in [0.15, 0.2) is 24.3 Å². The van der Waals surface area contributed by atoms with E-state index in [1.54, 1.807) is 7.11 Å². The van der Waals surface area contributed by atoms with Gasteiger partial charge in [-0.3, -0.25) is 4.79 Å². The predicted molar refractivity (Wildman–Crippen MR) is 83.0 cm³/mol. The van der Waals surface area contributed by atoms with Crippen molar-refractivity contribution in [2.75, 3.05) is 7.11 Å². The average molecular weight is 277 g/mol. The molecule has 1 aromatic carbocycles. The van der Waals surface area contributed by atoms with Gasteiger partial charge in [0.25, 0.3) is 0 Å². The zero-order chi connectivity index (χ0) is 15.4. The normalized spacial score (nSPS) is 12.1. The first-order chi connectivity index (χ1) is 9.11. The molecular formula is C17H27NO2. The molecular weight excluding hydrogens is 250 g/mol. The molecule has 1 N–H and O–H groups in total. The summed E-state index contributed by atoms with van der Waals surface area (Å²) in [5, 5.41) is 3.12. The maximum absolute atomic E-state index is 12.2. The van der Waals surface area contributed by atoms with Crippen molar-refractivity contribution in [3.8, 4) is 5.75 Å². The molecule has 0 bridgehead atoms. The summed E-state index contributed by atoms with van der Waals surface area (Å²) >= 11 is 0. The van der Waals surface area contributed by atoms with Gasteiger partial charge in [0.15, 0.2) is 0 Å². The van der Waals surface area contributed by atoms with Gasteiger partial charge in [0, 0.05) is 5.54 Å². The maximum atomic E-state index is 12.2. The molecule has 0 saturated heterocycles. The van der Waals surface area contributed by atoms with Crippen LogP contribution in [0.1, 0.15) is 46.6 Å². The van der Waals surface area contributed by atoms with Gasteiger partial charge in [0.05, 0.1) is 13.5 Å². The maximum Gasteiger partial charge on any atom is 0.224 e. The van der Waals surface area contributed by atoms with E-state index in [9.17, 15) is 4.79 Å². The van der Waals surface area contributed by atoms with Crippen LogP contribution in [0.3, 0.4) is 0 Å². The molecule has 0 aliphatic carbocycles. The fourth-order valence-electron chi connectivity index (χ4n) is 2.76. The van der Waals surface area contributed by atoms with E-state index in [0.717, 1.165) is 17.7 Å². The molecule has 0 aromatic heterocycles. The molecule has 0 aliphatic heterocycles. The summed E-state index contributed by atoms with van der Waals surface area (Å²) in [7, 11) is 1.63. The Kier molecular flexibility index (Phi) is 5.21. The Hall–Kier alpha value is -1.51. The van der Waals surface area contributed by atoms with Crippen molar-refractivity contribution in [3.05, 3.63) is 29.8 Å². The van der Waals surface area contributed by atoms with Crippen LogP contribution in [0.5, 0.6) is 5.75 Å². The van der Waals surface area contributed by atoms with Crippen LogP contribution in [0, 0.1) is 5.41 Å². The first kappa shape index (κ1) is 16.5. The Balaban J connectivity index is 2.63. The summed E-state index contributed by atoms with van der Waals surface area (Å²) in [6.45, 7) is 10.7. The molecule has 20 heavy (non-hydrogen) atoms. The SMILES string of the molecule is COc1cccc(CC(=O)NC(C)(C)CC(C)(C)C)c1. The molecule has 1 amide bonds. The molecule has 1 aromatic rings. The minimum atomic E-state index is -0.200. The lowest BCUT2D eigenvalue weighted by Crippen LogP contribution is -2.46. The molecule has 0 spiro atoms. The predicted octanol–water partition coefficient (Wildman–Crippen LogP) is 3.57. The summed E-state index contributed by atoms with van der Waals surface area (Å²) in [4.78, 5) is 12.2. The Morgan fingerprint density at radius 1 is 1.20 bits per heavy atom. The first-order valence-corrected chi connectivity index (χ1v) is 7.05. The lowest BCUT2D eigenvalue weighted by molar-refractivity contribution is -0.122. The van der Waals surface area contributed by atoms with Crippen LogP contribution in [0.2, 0.25) is 0 Å². The van der Waals surface area contributed by atoms with E-state index < -0.39 is 0 Å². The van der Waals surface area contributed by atoms with Crippen molar-refractivity contribution in [3.63, 3.8) is 0 Å². The third kappa shape index (κ3) is 6.09. The second-order valence-corrected chi connectivity index (χ2v) is 7.20. The lowest BCUT2D eigenvalue weighted by Gasteiger charge is -2.33. The number of hydrogen-bond donors (Lipinski definition) is 1. The van der Waals surface area contributed by atoms with E-state index >= 15 is 0 Å². The molecule has 3 nitrogen and oxygen atoms in total. The molecule has 1 rings (SSSR count). The van der Waals surface area contributed by atoms with Gasteiger partial charge in [0.2, 0.25) is 5.91 Å². The van der Waals surface area contributed by atoms with Gasteiger partial charge in [-0.1, -0.05) is 32.9 Å². The van der Waals surface area contributed by atoms with Gasteiger partial charge in [-0.2, -0.15) is 0 Å². The van der Waals surface area contributed by atoms with E-state index in [0.29, 0.717) is 6.42 Å². The molecule has 112 valence electrons. The first-order valence-electron chi connectivity index (χ1n) is 7.05. The Morgan fingerprint density at radius 2 is 1.85 bits per heavy atom. The molecule has 0 atom stereocenters. The number of carbonyl (C=O) groups excluding carboxylic acids is 1. The molecule has 0 unspecified atom stereocenters. The number of methoxy groups -OCH3 is 1. The zero-order valence-corrected chi connectivity index (χ0v) is 13.5. The Morgan fingerprint density at radius 3 is 2.40 bits per heavy atom. The van der Waals surface area contributed by atoms with Crippen molar-refractivity contribution < 1.29 is 9.53 Å². The third-order valence-corrected chi connectivity index (χ3v) is 2.95. The van der Waals surface area contributed by atoms with E-state index in [1.807, 2.05) is 24.3 Å². The number of hydrogen-bond acceptors (Lipinski definition) is 2. The molecule has 0 fully saturated rings. The molecule has 0 aliphatic rings. The smallest absolute Gasteiger partial charge is 0.224 e. The third-order valence-electron chi connectivity index (χ3n) is 2.95. The summed E-state index contributed by atoms with van der Waals surface area (Å²) < 4.78 is 5.17.